The summed E-state index contributed by atoms with van der Waals surface area (Å²) in [6.45, 7) is 2.52. The van der Waals surface area contributed by atoms with Crippen LogP contribution in [0.25, 0.3) is 0 Å². The molecular formula is C11H13F3N6O. The molecule has 2 aromatic rings. The van der Waals surface area contributed by atoms with Crippen LogP contribution in [0.15, 0.2) is 16.9 Å². The third kappa shape index (κ3) is 4.29. The Kier molecular flexibility index (Phi) is 4.55. The Morgan fingerprint density at radius 3 is 2.48 bits per heavy atom. The SMILES string of the molecule is CCNc1cc(NCCc2ncno2)nc(C(F)(F)F)n1. The normalized spacial score (nSPS) is 11.4. The molecule has 0 bridgehead atoms. The van der Waals surface area contributed by atoms with Crippen molar-refractivity contribution in [3.05, 3.63) is 24.1 Å². The molecule has 0 saturated heterocycles. The number of hydrogen-bond acceptors (Lipinski definition) is 7. The quantitative estimate of drug-likeness (QED) is 0.843. The van der Waals surface area contributed by atoms with E-state index < -0.39 is 12.0 Å². The fourth-order valence-electron chi connectivity index (χ4n) is 1.54. The zero-order chi connectivity index (χ0) is 15.3. The summed E-state index contributed by atoms with van der Waals surface area (Å²) in [6.07, 6.45) is -2.97. The van der Waals surface area contributed by atoms with Crippen molar-refractivity contribution in [2.24, 2.45) is 0 Å². The van der Waals surface area contributed by atoms with E-state index in [2.05, 4.69) is 30.7 Å². The number of halogens is 3. The van der Waals surface area contributed by atoms with Crippen LogP contribution in [0.3, 0.4) is 0 Å². The fourth-order valence-corrected chi connectivity index (χ4v) is 1.54. The maximum absolute atomic E-state index is 12.7. The monoisotopic (exact) mass is 302 g/mol. The lowest BCUT2D eigenvalue weighted by Gasteiger charge is -2.11. The zero-order valence-corrected chi connectivity index (χ0v) is 11.1. The number of hydrogen-bond donors (Lipinski definition) is 2. The molecule has 0 aliphatic heterocycles. The molecule has 2 rings (SSSR count). The summed E-state index contributed by atoms with van der Waals surface area (Å²) in [4.78, 5) is 10.7. The van der Waals surface area contributed by atoms with Crippen LogP contribution in [-0.4, -0.2) is 33.2 Å². The molecule has 7 nitrogen and oxygen atoms in total. The van der Waals surface area contributed by atoms with E-state index in [4.69, 9.17) is 4.52 Å². The summed E-state index contributed by atoms with van der Waals surface area (Å²) < 4.78 is 42.9. The fraction of sp³-hybridized carbons (Fsp3) is 0.455. The van der Waals surface area contributed by atoms with Crippen molar-refractivity contribution >= 4 is 11.6 Å². The van der Waals surface area contributed by atoms with Crippen LogP contribution in [0.1, 0.15) is 18.6 Å². The van der Waals surface area contributed by atoms with E-state index in [-0.39, 0.29) is 11.6 Å². The van der Waals surface area contributed by atoms with Crippen LogP contribution < -0.4 is 10.6 Å². The smallest absolute Gasteiger partial charge is 0.370 e. The third-order valence-corrected chi connectivity index (χ3v) is 2.39. The topological polar surface area (TPSA) is 88.8 Å². The molecule has 21 heavy (non-hydrogen) atoms. The number of alkyl halides is 3. The van der Waals surface area contributed by atoms with E-state index in [0.29, 0.717) is 25.4 Å². The van der Waals surface area contributed by atoms with Crippen molar-refractivity contribution in [1.82, 2.24) is 20.1 Å². The average molecular weight is 302 g/mol. The predicted molar refractivity (Wildman–Crippen MR) is 67.7 cm³/mol. The van der Waals surface area contributed by atoms with Gasteiger partial charge in [0.25, 0.3) is 0 Å². The minimum atomic E-state index is -4.60. The Bertz CT molecular complexity index is 572. The first-order chi connectivity index (χ1) is 9.99. The molecule has 2 heterocycles. The van der Waals surface area contributed by atoms with Crippen LogP contribution in [0.5, 0.6) is 0 Å². The van der Waals surface area contributed by atoms with E-state index >= 15 is 0 Å². The molecule has 0 aliphatic rings. The Labute approximate surface area is 118 Å². The van der Waals surface area contributed by atoms with Gasteiger partial charge in [-0.05, 0) is 6.92 Å². The van der Waals surface area contributed by atoms with Gasteiger partial charge < -0.3 is 15.2 Å². The lowest BCUT2D eigenvalue weighted by atomic mass is 10.4. The van der Waals surface area contributed by atoms with Gasteiger partial charge in [-0.2, -0.15) is 18.2 Å². The first-order valence-corrected chi connectivity index (χ1v) is 6.18. The minimum absolute atomic E-state index is 0.0767. The molecule has 2 aromatic heterocycles. The maximum atomic E-state index is 12.7. The van der Waals surface area contributed by atoms with Crippen molar-refractivity contribution in [2.75, 3.05) is 23.7 Å². The summed E-state index contributed by atoms with van der Waals surface area (Å²) in [6, 6.07) is 1.41. The lowest BCUT2D eigenvalue weighted by molar-refractivity contribution is -0.144. The molecule has 2 N–H and O–H groups in total. The standard InChI is InChI=1S/C11H13F3N6O/c1-2-15-7-5-8(20-10(19-7)11(12,13)14)16-4-3-9-17-6-18-21-9/h5-6H,2-4H2,1H3,(H2,15,16,19,20). The van der Waals surface area contributed by atoms with Crippen molar-refractivity contribution < 1.29 is 17.7 Å². The van der Waals surface area contributed by atoms with Gasteiger partial charge in [0.1, 0.15) is 11.6 Å². The molecule has 0 atom stereocenters. The molecule has 0 saturated carbocycles. The van der Waals surface area contributed by atoms with Gasteiger partial charge in [0.2, 0.25) is 11.7 Å². The second-order valence-electron chi connectivity index (χ2n) is 4.00. The van der Waals surface area contributed by atoms with E-state index in [1.54, 1.807) is 6.92 Å². The van der Waals surface area contributed by atoms with Crippen molar-refractivity contribution in [3.63, 3.8) is 0 Å². The molecular weight excluding hydrogens is 289 g/mol. The maximum Gasteiger partial charge on any atom is 0.451 e. The molecule has 10 heteroatoms. The van der Waals surface area contributed by atoms with Crippen LogP contribution >= 0.6 is 0 Å². The predicted octanol–water partition coefficient (Wildman–Crippen LogP) is 1.96. The van der Waals surface area contributed by atoms with Crippen LogP contribution in [0.4, 0.5) is 24.8 Å². The van der Waals surface area contributed by atoms with Gasteiger partial charge >= 0.3 is 6.18 Å². The number of nitrogens with one attached hydrogen (secondary N) is 2. The van der Waals surface area contributed by atoms with Crippen molar-refractivity contribution in [2.45, 2.75) is 19.5 Å². The highest BCUT2D eigenvalue weighted by atomic mass is 19.4. The molecule has 0 fully saturated rings. The Hall–Kier alpha value is -2.39. The summed E-state index contributed by atoms with van der Waals surface area (Å²) in [5.74, 6) is -0.617. The highest BCUT2D eigenvalue weighted by Gasteiger charge is 2.35. The van der Waals surface area contributed by atoms with Gasteiger partial charge in [0, 0.05) is 25.6 Å². The van der Waals surface area contributed by atoms with Crippen molar-refractivity contribution in [1.29, 1.82) is 0 Å². The Morgan fingerprint density at radius 1 is 1.19 bits per heavy atom. The molecule has 0 radical (unpaired) electrons. The number of rotatable bonds is 6. The molecule has 0 aliphatic carbocycles. The van der Waals surface area contributed by atoms with Gasteiger partial charge in [-0.15, -0.1) is 0 Å². The van der Waals surface area contributed by atoms with E-state index in [1.807, 2.05) is 0 Å². The molecule has 0 spiro atoms. The summed E-state index contributed by atoms with van der Waals surface area (Å²) >= 11 is 0. The Morgan fingerprint density at radius 2 is 1.90 bits per heavy atom. The second-order valence-corrected chi connectivity index (χ2v) is 4.00. The summed E-state index contributed by atoms with van der Waals surface area (Å²) in [5, 5.41) is 8.94. The number of nitrogens with zero attached hydrogens (tertiary/aromatic N) is 4. The van der Waals surface area contributed by atoms with Gasteiger partial charge in [0.05, 0.1) is 0 Å². The van der Waals surface area contributed by atoms with E-state index in [9.17, 15) is 13.2 Å². The average Bonchev–Trinajstić information content (AvgIpc) is 2.91. The largest absolute Gasteiger partial charge is 0.451 e. The van der Waals surface area contributed by atoms with Gasteiger partial charge in [-0.1, -0.05) is 5.16 Å². The molecule has 0 unspecified atom stereocenters. The van der Waals surface area contributed by atoms with Gasteiger partial charge in [0.15, 0.2) is 6.33 Å². The number of aromatic nitrogens is 4. The van der Waals surface area contributed by atoms with E-state index in [1.165, 1.54) is 12.4 Å². The second kappa shape index (κ2) is 6.37. The van der Waals surface area contributed by atoms with Gasteiger partial charge in [-0.25, -0.2) is 9.97 Å². The first-order valence-electron chi connectivity index (χ1n) is 6.18. The highest BCUT2D eigenvalue weighted by Crippen LogP contribution is 2.28. The van der Waals surface area contributed by atoms with Crippen LogP contribution in [0.2, 0.25) is 0 Å². The summed E-state index contributed by atoms with van der Waals surface area (Å²) in [5.41, 5.74) is 0. The van der Waals surface area contributed by atoms with Gasteiger partial charge in [-0.3, -0.25) is 0 Å². The lowest BCUT2D eigenvalue weighted by Crippen LogP contribution is -2.16. The van der Waals surface area contributed by atoms with E-state index in [0.717, 1.165) is 0 Å². The molecule has 0 amide bonds. The first kappa shape index (κ1) is 15.0. The van der Waals surface area contributed by atoms with Crippen LogP contribution in [-0.2, 0) is 12.6 Å². The summed E-state index contributed by atoms with van der Waals surface area (Å²) in [7, 11) is 0. The minimum Gasteiger partial charge on any atom is -0.370 e. The molecule has 0 aromatic carbocycles. The Balaban J connectivity index is 2.08. The zero-order valence-electron chi connectivity index (χ0n) is 11.1. The van der Waals surface area contributed by atoms with Crippen LogP contribution in [0, 0.1) is 0 Å². The van der Waals surface area contributed by atoms with Crippen molar-refractivity contribution in [3.8, 4) is 0 Å². The highest BCUT2D eigenvalue weighted by molar-refractivity contribution is 5.47. The third-order valence-electron chi connectivity index (χ3n) is 2.39. The molecule has 114 valence electrons. The number of anilines is 2.